The van der Waals surface area contributed by atoms with Crippen LogP contribution >= 0.6 is 0 Å². The van der Waals surface area contributed by atoms with Crippen molar-refractivity contribution in [2.24, 2.45) is 5.92 Å². The van der Waals surface area contributed by atoms with Gasteiger partial charge in [0.1, 0.15) is 5.60 Å². The molecular formula is C23H24F3N5O3. The first kappa shape index (κ1) is 23.7. The first-order valence-corrected chi connectivity index (χ1v) is 10.8. The number of amides is 1. The highest BCUT2D eigenvalue weighted by Crippen LogP contribution is 2.30. The van der Waals surface area contributed by atoms with Gasteiger partial charge in [-0.2, -0.15) is 18.2 Å². The fourth-order valence-corrected chi connectivity index (χ4v) is 3.68. The summed E-state index contributed by atoms with van der Waals surface area (Å²) >= 11 is 0. The van der Waals surface area contributed by atoms with Crippen LogP contribution < -0.4 is 0 Å². The first-order valence-electron chi connectivity index (χ1n) is 10.8. The largest absolute Gasteiger partial charge is 0.471 e. The number of carbonyl (C=O) groups is 1. The van der Waals surface area contributed by atoms with Crippen molar-refractivity contribution in [3.63, 3.8) is 0 Å². The zero-order valence-electron chi connectivity index (χ0n) is 19.0. The molecule has 1 aromatic carbocycles. The summed E-state index contributed by atoms with van der Waals surface area (Å²) in [5, 5.41) is 3.39. The highest BCUT2D eigenvalue weighted by molar-refractivity contribution is 5.68. The maximum atomic E-state index is 12.7. The van der Waals surface area contributed by atoms with Gasteiger partial charge < -0.3 is 14.2 Å². The van der Waals surface area contributed by atoms with Gasteiger partial charge in [0.15, 0.2) is 0 Å². The number of likely N-dealkylation sites (tertiary alicyclic amines) is 1. The van der Waals surface area contributed by atoms with Crippen molar-refractivity contribution in [3.8, 4) is 22.6 Å². The van der Waals surface area contributed by atoms with Crippen molar-refractivity contribution in [2.45, 2.75) is 45.4 Å². The van der Waals surface area contributed by atoms with E-state index >= 15 is 0 Å². The van der Waals surface area contributed by atoms with Gasteiger partial charge in [0.05, 0.1) is 17.6 Å². The molecule has 4 rings (SSSR count). The van der Waals surface area contributed by atoms with Crippen molar-refractivity contribution in [1.29, 1.82) is 0 Å². The zero-order chi connectivity index (χ0) is 24.5. The minimum Gasteiger partial charge on any atom is -0.444 e. The van der Waals surface area contributed by atoms with Gasteiger partial charge in [-0.1, -0.05) is 29.4 Å². The lowest BCUT2D eigenvalue weighted by molar-refractivity contribution is -0.159. The van der Waals surface area contributed by atoms with Crippen molar-refractivity contribution in [3.05, 3.63) is 48.2 Å². The Morgan fingerprint density at radius 1 is 1.12 bits per heavy atom. The summed E-state index contributed by atoms with van der Waals surface area (Å²) < 4.78 is 47.8. The Bertz CT molecular complexity index is 1160. The van der Waals surface area contributed by atoms with Gasteiger partial charge in [-0.25, -0.2) is 9.78 Å². The Morgan fingerprint density at radius 2 is 1.82 bits per heavy atom. The third-order valence-corrected chi connectivity index (χ3v) is 5.23. The number of halogens is 3. The van der Waals surface area contributed by atoms with Crippen LogP contribution in [0.4, 0.5) is 18.0 Å². The summed E-state index contributed by atoms with van der Waals surface area (Å²) in [4.78, 5) is 26.4. The predicted octanol–water partition coefficient (Wildman–Crippen LogP) is 5.01. The molecule has 1 fully saturated rings. The maximum Gasteiger partial charge on any atom is 0.471 e. The van der Waals surface area contributed by atoms with E-state index in [4.69, 9.17) is 4.74 Å². The minimum atomic E-state index is -4.69. The summed E-state index contributed by atoms with van der Waals surface area (Å²) in [6, 6.07) is 6.63. The molecule has 3 heterocycles. The summed E-state index contributed by atoms with van der Waals surface area (Å²) in [6.07, 6.45) is -0.155. The minimum absolute atomic E-state index is 0.144. The molecule has 8 nitrogen and oxygen atoms in total. The van der Waals surface area contributed by atoms with E-state index in [0.717, 1.165) is 17.7 Å². The number of rotatable bonds is 4. The van der Waals surface area contributed by atoms with Crippen LogP contribution in [0.15, 0.2) is 41.2 Å². The second kappa shape index (κ2) is 9.03. The molecule has 0 aliphatic carbocycles. The molecule has 0 spiro atoms. The summed E-state index contributed by atoms with van der Waals surface area (Å²) in [6.45, 7) is 6.76. The molecule has 2 aromatic heterocycles. The lowest BCUT2D eigenvalue weighted by Gasteiger charge is -2.24. The average molecular weight is 475 g/mol. The smallest absolute Gasteiger partial charge is 0.444 e. The van der Waals surface area contributed by atoms with Gasteiger partial charge in [0, 0.05) is 30.4 Å². The second-order valence-corrected chi connectivity index (χ2v) is 9.18. The molecule has 3 aromatic rings. The van der Waals surface area contributed by atoms with Crippen molar-refractivity contribution in [2.75, 3.05) is 13.1 Å². The van der Waals surface area contributed by atoms with Gasteiger partial charge in [-0.05, 0) is 39.5 Å². The number of alkyl halides is 3. The van der Waals surface area contributed by atoms with Gasteiger partial charge in [-0.15, -0.1) is 0 Å². The molecule has 0 radical (unpaired) electrons. The molecule has 180 valence electrons. The van der Waals surface area contributed by atoms with Crippen LogP contribution in [0.25, 0.3) is 22.6 Å². The van der Waals surface area contributed by atoms with Gasteiger partial charge in [-0.3, -0.25) is 4.98 Å². The third kappa shape index (κ3) is 5.70. The van der Waals surface area contributed by atoms with E-state index in [0.29, 0.717) is 30.8 Å². The first-order chi connectivity index (χ1) is 16.0. The Balaban J connectivity index is 1.41. The number of benzene rings is 1. The summed E-state index contributed by atoms with van der Waals surface area (Å²) in [5.41, 5.74) is 2.04. The van der Waals surface area contributed by atoms with Crippen LogP contribution in [0.1, 0.15) is 38.8 Å². The van der Waals surface area contributed by atoms with E-state index in [1.165, 1.54) is 0 Å². The van der Waals surface area contributed by atoms with Gasteiger partial charge in [0.25, 0.3) is 0 Å². The van der Waals surface area contributed by atoms with Crippen LogP contribution in [-0.2, 0) is 17.3 Å². The van der Waals surface area contributed by atoms with E-state index in [-0.39, 0.29) is 17.8 Å². The van der Waals surface area contributed by atoms with Gasteiger partial charge in [0.2, 0.25) is 5.82 Å². The van der Waals surface area contributed by atoms with E-state index < -0.39 is 17.7 Å². The Labute approximate surface area is 194 Å². The highest BCUT2D eigenvalue weighted by atomic mass is 19.4. The number of ether oxygens (including phenoxy) is 1. The number of carbonyl (C=O) groups excluding carboxylic acids is 1. The van der Waals surface area contributed by atoms with Crippen LogP contribution in [0.2, 0.25) is 0 Å². The van der Waals surface area contributed by atoms with Crippen LogP contribution in [0.5, 0.6) is 0 Å². The van der Waals surface area contributed by atoms with E-state index in [1.54, 1.807) is 41.6 Å². The molecular weight excluding hydrogens is 451 g/mol. The molecule has 1 saturated heterocycles. The molecule has 1 aliphatic heterocycles. The Morgan fingerprint density at radius 3 is 2.47 bits per heavy atom. The Hall–Kier alpha value is -3.50. The Kier molecular flexibility index (Phi) is 6.28. The molecule has 0 bridgehead atoms. The summed E-state index contributed by atoms with van der Waals surface area (Å²) in [5.74, 6) is -1.28. The van der Waals surface area contributed by atoms with Crippen LogP contribution in [-0.4, -0.2) is 49.8 Å². The lowest BCUT2D eigenvalue weighted by Crippen LogP contribution is -2.35. The second-order valence-electron chi connectivity index (χ2n) is 9.18. The van der Waals surface area contributed by atoms with Crippen LogP contribution in [0.3, 0.4) is 0 Å². The normalized spacial score (nSPS) is 16.6. The molecule has 0 saturated carbocycles. The quantitative estimate of drug-likeness (QED) is 0.523. The molecule has 34 heavy (non-hydrogen) atoms. The molecule has 0 N–H and O–H groups in total. The topological polar surface area (TPSA) is 94.2 Å². The molecule has 1 atom stereocenters. The van der Waals surface area contributed by atoms with Crippen molar-refractivity contribution < 1.29 is 27.2 Å². The number of hydrogen-bond acceptors (Lipinski definition) is 7. The molecule has 11 heteroatoms. The van der Waals surface area contributed by atoms with Crippen molar-refractivity contribution in [1.82, 2.24) is 25.0 Å². The molecule has 0 unspecified atom stereocenters. The SMILES string of the molecule is CC(C)(C)OC(=O)N1CC[C@@H](Cc2cncc(-c3ccc(-c4noc(C(F)(F)F)n4)cc3)n2)C1. The standard InChI is InChI=1S/C23H24F3N5O3/c1-22(2,3)33-21(32)31-9-8-14(13-31)10-17-11-27-12-18(28-17)15-4-6-16(7-5-15)19-29-20(34-30-19)23(24,25)26/h4-7,11-12,14H,8-10,13H2,1-3H3/t14-/m0/s1. The average Bonchev–Trinajstić information content (AvgIpc) is 3.43. The van der Waals surface area contributed by atoms with Gasteiger partial charge >= 0.3 is 18.2 Å². The third-order valence-electron chi connectivity index (χ3n) is 5.23. The molecule has 1 aliphatic rings. The number of aromatic nitrogens is 4. The van der Waals surface area contributed by atoms with E-state index in [1.807, 2.05) is 20.8 Å². The summed E-state index contributed by atoms with van der Waals surface area (Å²) in [7, 11) is 0. The highest BCUT2D eigenvalue weighted by Gasteiger charge is 2.38. The maximum absolute atomic E-state index is 12.7. The molecule has 1 amide bonds. The predicted molar refractivity (Wildman–Crippen MR) is 115 cm³/mol. The zero-order valence-corrected chi connectivity index (χ0v) is 19.0. The van der Waals surface area contributed by atoms with E-state index in [9.17, 15) is 18.0 Å². The van der Waals surface area contributed by atoms with Crippen molar-refractivity contribution >= 4 is 6.09 Å². The lowest BCUT2D eigenvalue weighted by atomic mass is 10.0. The fourth-order valence-electron chi connectivity index (χ4n) is 3.68. The number of nitrogens with zero attached hydrogens (tertiary/aromatic N) is 5. The number of hydrogen-bond donors (Lipinski definition) is 0. The monoisotopic (exact) mass is 475 g/mol. The van der Waals surface area contributed by atoms with E-state index in [2.05, 4.69) is 24.6 Å². The van der Waals surface area contributed by atoms with Crippen LogP contribution in [0, 0.1) is 5.92 Å². The fraction of sp³-hybridized carbons (Fsp3) is 0.435.